The molecule has 9 heavy (non-hydrogen) atoms. The van der Waals surface area contributed by atoms with Crippen molar-refractivity contribution in [2.45, 2.75) is 0 Å². The second-order valence-electron chi connectivity index (χ2n) is 3.01. The lowest BCUT2D eigenvalue weighted by molar-refractivity contribution is -0.870. The third kappa shape index (κ3) is 11.7. The highest BCUT2D eigenvalue weighted by Crippen LogP contribution is 1.87. The van der Waals surface area contributed by atoms with Crippen molar-refractivity contribution in [1.82, 2.24) is 0 Å². The Morgan fingerprint density at radius 2 is 1.78 bits per heavy atom. The highest BCUT2D eigenvalue weighted by Gasteiger charge is 2.03. The van der Waals surface area contributed by atoms with Crippen LogP contribution < -0.4 is 12.4 Å². The summed E-state index contributed by atoms with van der Waals surface area (Å²) in [5.74, 6) is 0. The third-order valence-electron chi connectivity index (χ3n) is 0.966. The molecule has 0 aliphatic carbocycles. The van der Waals surface area contributed by atoms with Gasteiger partial charge in [0.15, 0.2) is 0 Å². The van der Waals surface area contributed by atoms with Crippen LogP contribution in [0.2, 0.25) is 0 Å². The van der Waals surface area contributed by atoms with Crippen molar-refractivity contribution >= 4 is 0 Å². The quantitative estimate of drug-likeness (QED) is 0.405. The second-order valence-corrected chi connectivity index (χ2v) is 3.01. The lowest BCUT2D eigenvalue weighted by Crippen LogP contribution is -3.00. The van der Waals surface area contributed by atoms with Gasteiger partial charge in [-0.05, 0) is 0 Å². The molecule has 58 valence electrons. The van der Waals surface area contributed by atoms with E-state index < -0.39 is 0 Å². The van der Waals surface area contributed by atoms with Crippen molar-refractivity contribution in [3.63, 3.8) is 0 Å². The first-order chi connectivity index (χ1) is 3.56. The maximum atomic E-state index is 4.90. The summed E-state index contributed by atoms with van der Waals surface area (Å²) in [6.45, 7) is 1.93. The summed E-state index contributed by atoms with van der Waals surface area (Å²) in [6, 6.07) is 0. The number of hydrogen-bond donors (Lipinski definition) is 0. The molecule has 0 unspecified atom stereocenters. The van der Waals surface area contributed by atoms with Crippen molar-refractivity contribution in [2.75, 3.05) is 41.4 Å². The number of halogens is 1. The van der Waals surface area contributed by atoms with Crippen molar-refractivity contribution < 1.29 is 21.6 Å². The van der Waals surface area contributed by atoms with E-state index in [2.05, 4.69) is 21.1 Å². The normalized spacial score (nSPS) is 10.7. The van der Waals surface area contributed by atoms with Crippen molar-refractivity contribution in [2.24, 2.45) is 0 Å². The molecule has 0 aromatic heterocycles. The van der Waals surface area contributed by atoms with Crippen LogP contribution in [0.3, 0.4) is 0 Å². The van der Waals surface area contributed by atoms with Crippen molar-refractivity contribution in [3.8, 4) is 0 Å². The number of rotatable bonds is 3. The first-order valence-electron chi connectivity index (χ1n) is 2.85. The molecule has 0 radical (unpaired) electrons. The zero-order chi connectivity index (χ0) is 6.62. The predicted octanol–water partition coefficient (Wildman–Crippen LogP) is -2.66. The smallest absolute Gasteiger partial charge is 0.102 e. The standard InChI is InChI=1S/C6H16NO.ClH/c1-7(2,3)5-6-8-4;/h5-6H2,1-4H3;1H/q+1;/p-1/i4+2;. The minimum Gasteiger partial charge on any atom is -1.00 e. The van der Waals surface area contributed by atoms with E-state index >= 15 is 0 Å². The van der Waals surface area contributed by atoms with Gasteiger partial charge in [0.1, 0.15) is 6.54 Å². The molecular formula is C6H16ClNO. The Labute approximate surface area is 63.8 Å². The number of ether oxygens (including phenoxy) is 1. The summed E-state index contributed by atoms with van der Waals surface area (Å²) < 4.78 is 5.88. The van der Waals surface area contributed by atoms with E-state index in [1.165, 1.54) is 0 Å². The Kier molecular flexibility index (Phi) is 6.68. The molecule has 0 aromatic carbocycles. The van der Waals surface area contributed by atoms with Crippen LogP contribution >= 0.6 is 0 Å². The highest BCUT2D eigenvalue weighted by molar-refractivity contribution is 4.22. The van der Waals surface area contributed by atoms with Gasteiger partial charge in [0.05, 0.1) is 27.7 Å². The Bertz CT molecular complexity index is 60.6. The SMILES string of the molecule is C[N+](C)(C)CCO[14CH3].[Cl-]. The minimum atomic E-state index is 0. The maximum absolute atomic E-state index is 4.90. The number of hydrogen-bond acceptors (Lipinski definition) is 1. The van der Waals surface area contributed by atoms with E-state index in [1.54, 1.807) is 7.11 Å². The molecule has 0 amide bonds. The first kappa shape index (κ1) is 11.9. The molecule has 0 N–H and O–H groups in total. The molecule has 0 atom stereocenters. The lowest BCUT2D eigenvalue weighted by atomic mass is 10.5. The fourth-order valence-corrected chi connectivity index (χ4v) is 0.365. The van der Waals surface area contributed by atoms with Gasteiger partial charge in [-0.25, -0.2) is 0 Å². The number of nitrogens with zero attached hydrogens (tertiary/aromatic N) is 1. The second kappa shape index (κ2) is 5.03. The van der Waals surface area contributed by atoms with Gasteiger partial charge in [-0.2, -0.15) is 0 Å². The fourth-order valence-electron chi connectivity index (χ4n) is 0.365. The zero-order valence-electron chi connectivity index (χ0n) is 6.65. The van der Waals surface area contributed by atoms with E-state index in [-0.39, 0.29) is 12.4 Å². The molecule has 0 saturated carbocycles. The van der Waals surface area contributed by atoms with Gasteiger partial charge in [-0.15, -0.1) is 0 Å². The van der Waals surface area contributed by atoms with Gasteiger partial charge in [0.25, 0.3) is 0 Å². The van der Waals surface area contributed by atoms with E-state index in [1.807, 2.05) is 0 Å². The lowest BCUT2D eigenvalue weighted by Gasteiger charge is -2.22. The van der Waals surface area contributed by atoms with Crippen LogP contribution in [0.25, 0.3) is 0 Å². The molecule has 0 saturated heterocycles. The largest absolute Gasteiger partial charge is 1.00 e. The van der Waals surface area contributed by atoms with Gasteiger partial charge >= 0.3 is 0 Å². The van der Waals surface area contributed by atoms with Gasteiger partial charge in [0, 0.05) is 7.11 Å². The van der Waals surface area contributed by atoms with E-state index in [0.29, 0.717) is 0 Å². The molecule has 2 nitrogen and oxygen atoms in total. The molecule has 0 fully saturated rings. The molecule has 0 bridgehead atoms. The topological polar surface area (TPSA) is 9.23 Å². The molecule has 3 heteroatoms. The minimum absolute atomic E-state index is 0. The summed E-state index contributed by atoms with van der Waals surface area (Å²) in [6.07, 6.45) is 0. The molecule has 0 aliphatic rings. The monoisotopic (exact) mass is 155 g/mol. The highest BCUT2D eigenvalue weighted by atomic mass is 35.5. The van der Waals surface area contributed by atoms with Crippen LogP contribution in [-0.4, -0.2) is 45.9 Å². The summed E-state index contributed by atoms with van der Waals surface area (Å²) in [7, 11) is 8.19. The van der Waals surface area contributed by atoms with E-state index in [9.17, 15) is 0 Å². The molecular weight excluding hydrogens is 140 g/mol. The Balaban J connectivity index is 0. The molecule has 0 spiro atoms. The first-order valence-corrected chi connectivity index (χ1v) is 2.85. The molecule has 0 aliphatic heterocycles. The zero-order valence-corrected chi connectivity index (χ0v) is 7.40. The summed E-state index contributed by atoms with van der Waals surface area (Å²) in [5, 5.41) is 0. The summed E-state index contributed by atoms with van der Waals surface area (Å²) >= 11 is 0. The van der Waals surface area contributed by atoms with E-state index in [0.717, 1.165) is 17.6 Å². The van der Waals surface area contributed by atoms with Gasteiger partial charge < -0.3 is 21.6 Å². The van der Waals surface area contributed by atoms with Gasteiger partial charge in [-0.3, -0.25) is 0 Å². The Hall–Kier alpha value is 0.210. The fraction of sp³-hybridized carbons (Fsp3) is 1.00. The molecule has 0 aromatic rings. The van der Waals surface area contributed by atoms with Crippen LogP contribution in [0.1, 0.15) is 0 Å². The number of methoxy groups -OCH3 is 1. The number of likely N-dealkylation sites (N-methyl/N-ethyl adjacent to an activating group) is 1. The third-order valence-corrected chi connectivity index (χ3v) is 0.966. The van der Waals surface area contributed by atoms with E-state index in [4.69, 9.17) is 4.74 Å². The average Bonchev–Trinajstić information content (AvgIpc) is 1.59. The Morgan fingerprint density at radius 3 is 1.89 bits per heavy atom. The maximum Gasteiger partial charge on any atom is 0.102 e. The Morgan fingerprint density at radius 1 is 1.33 bits per heavy atom. The van der Waals surface area contributed by atoms with Crippen molar-refractivity contribution in [1.29, 1.82) is 0 Å². The van der Waals surface area contributed by atoms with Crippen LogP contribution in [0.15, 0.2) is 0 Å². The predicted molar refractivity (Wildman–Crippen MR) is 34.8 cm³/mol. The summed E-state index contributed by atoms with van der Waals surface area (Å²) in [4.78, 5) is 0. The average molecular weight is 156 g/mol. The van der Waals surface area contributed by atoms with Gasteiger partial charge in [0.2, 0.25) is 0 Å². The van der Waals surface area contributed by atoms with Crippen molar-refractivity contribution in [3.05, 3.63) is 0 Å². The van der Waals surface area contributed by atoms with Crippen LogP contribution in [-0.2, 0) is 4.74 Å². The number of quaternary nitrogens is 1. The van der Waals surface area contributed by atoms with Gasteiger partial charge in [-0.1, -0.05) is 0 Å². The summed E-state index contributed by atoms with van der Waals surface area (Å²) in [5.41, 5.74) is 0. The van der Waals surface area contributed by atoms with Crippen LogP contribution in [0.5, 0.6) is 0 Å². The van der Waals surface area contributed by atoms with Crippen LogP contribution in [0.4, 0.5) is 0 Å². The van der Waals surface area contributed by atoms with Crippen LogP contribution in [0, 0.1) is 0 Å². The molecule has 0 heterocycles. The molecule has 0 rings (SSSR count).